The molecule has 0 aliphatic rings. The number of amides is 1. The smallest absolute Gasteiger partial charge is 0.246 e. The Balaban J connectivity index is 2.11. The first kappa shape index (κ1) is 14.3. The molecule has 0 spiro atoms. The molecule has 0 unspecified atom stereocenters. The second-order valence-electron chi connectivity index (χ2n) is 4.45. The van der Waals surface area contributed by atoms with Gasteiger partial charge in [0.25, 0.3) is 0 Å². The van der Waals surface area contributed by atoms with E-state index in [1.807, 2.05) is 0 Å². The van der Waals surface area contributed by atoms with Crippen molar-refractivity contribution < 1.29 is 9.18 Å². The highest BCUT2D eigenvalue weighted by Crippen LogP contribution is 2.18. The maximum Gasteiger partial charge on any atom is 0.246 e. The first-order chi connectivity index (χ1) is 9.36. The van der Waals surface area contributed by atoms with Gasteiger partial charge >= 0.3 is 0 Å². The summed E-state index contributed by atoms with van der Waals surface area (Å²) in [6.45, 7) is 3.54. The van der Waals surface area contributed by atoms with Gasteiger partial charge in [-0.25, -0.2) is 4.39 Å². The van der Waals surface area contributed by atoms with Crippen LogP contribution in [-0.4, -0.2) is 15.7 Å². The summed E-state index contributed by atoms with van der Waals surface area (Å²) in [6.07, 6.45) is 0. The number of halogens is 2. The van der Waals surface area contributed by atoms with Crippen molar-refractivity contribution in [2.45, 2.75) is 20.4 Å². The van der Waals surface area contributed by atoms with Crippen LogP contribution in [0.15, 0.2) is 18.2 Å². The summed E-state index contributed by atoms with van der Waals surface area (Å²) in [6, 6.07) is 3.83. The molecule has 2 rings (SSSR count). The van der Waals surface area contributed by atoms with Gasteiger partial charge in [0.2, 0.25) is 5.91 Å². The van der Waals surface area contributed by atoms with Crippen molar-refractivity contribution in [3.8, 4) is 0 Å². The number of hydrogen-bond donors (Lipinski definition) is 2. The fourth-order valence-electron chi connectivity index (χ4n) is 1.83. The average molecular weight is 297 g/mol. The second-order valence-corrected chi connectivity index (χ2v) is 4.88. The minimum atomic E-state index is -0.511. The highest BCUT2D eigenvalue weighted by molar-refractivity contribution is 6.30. The van der Waals surface area contributed by atoms with Gasteiger partial charge in [-0.05, 0) is 32.0 Å². The third-order valence-electron chi connectivity index (χ3n) is 2.88. The Hall–Kier alpha value is -2.08. The average Bonchev–Trinajstić information content (AvgIpc) is 2.55. The van der Waals surface area contributed by atoms with Gasteiger partial charge in [0.15, 0.2) is 0 Å². The van der Waals surface area contributed by atoms with Crippen LogP contribution in [0.25, 0.3) is 0 Å². The van der Waals surface area contributed by atoms with Crippen LogP contribution >= 0.6 is 11.6 Å². The Bertz CT molecular complexity index is 648. The molecule has 0 bridgehead atoms. The Morgan fingerprint density at radius 2 is 2.15 bits per heavy atom. The van der Waals surface area contributed by atoms with E-state index in [4.69, 9.17) is 17.3 Å². The number of aromatic nitrogens is 2. The molecule has 1 heterocycles. The minimum absolute atomic E-state index is 0.00198. The van der Waals surface area contributed by atoms with Crippen LogP contribution in [0.2, 0.25) is 5.02 Å². The molecule has 3 N–H and O–H groups in total. The van der Waals surface area contributed by atoms with E-state index in [-0.39, 0.29) is 17.5 Å². The van der Waals surface area contributed by atoms with Crippen LogP contribution in [0.5, 0.6) is 0 Å². The molecule has 0 aliphatic carbocycles. The van der Waals surface area contributed by atoms with E-state index in [1.165, 1.54) is 22.9 Å². The van der Waals surface area contributed by atoms with Gasteiger partial charge in [0.05, 0.1) is 17.1 Å². The fraction of sp³-hybridized carbons (Fsp3) is 0.231. The van der Waals surface area contributed by atoms with E-state index in [9.17, 15) is 9.18 Å². The third kappa shape index (κ3) is 3.08. The molecule has 1 aromatic carbocycles. The molecule has 1 amide bonds. The highest BCUT2D eigenvalue weighted by Gasteiger charge is 2.12. The lowest BCUT2D eigenvalue weighted by Crippen LogP contribution is -2.20. The van der Waals surface area contributed by atoms with Crippen molar-refractivity contribution in [1.82, 2.24) is 9.78 Å². The lowest BCUT2D eigenvalue weighted by Gasteiger charge is -2.07. The molecule has 0 saturated heterocycles. The molecular formula is C13H14ClFN4O. The summed E-state index contributed by atoms with van der Waals surface area (Å²) in [7, 11) is 0. The molecule has 106 valence electrons. The van der Waals surface area contributed by atoms with Crippen LogP contribution in [0.3, 0.4) is 0 Å². The monoisotopic (exact) mass is 296 g/mol. The van der Waals surface area contributed by atoms with Crippen molar-refractivity contribution >= 4 is 28.9 Å². The fourth-order valence-corrected chi connectivity index (χ4v) is 2.05. The number of aryl methyl sites for hydroxylation is 1. The van der Waals surface area contributed by atoms with Crippen molar-refractivity contribution in [2.75, 3.05) is 11.1 Å². The Labute approximate surface area is 120 Å². The number of nitrogens with two attached hydrogens (primary N) is 1. The molecule has 0 radical (unpaired) electrons. The standard InChI is InChI=1S/C13H14ClFN4O/c1-7-13(16)8(2)19(18-7)6-12(20)17-11-4-9(14)3-10(15)5-11/h3-5H,6,16H2,1-2H3,(H,17,20). The van der Waals surface area contributed by atoms with Gasteiger partial charge < -0.3 is 11.1 Å². The maximum atomic E-state index is 13.2. The number of carbonyl (C=O) groups is 1. The second kappa shape index (κ2) is 5.50. The van der Waals surface area contributed by atoms with Gasteiger partial charge in [-0.3, -0.25) is 9.48 Å². The van der Waals surface area contributed by atoms with Crippen LogP contribution in [0.4, 0.5) is 15.8 Å². The maximum absolute atomic E-state index is 13.2. The molecule has 7 heteroatoms. The zero-order valence-electron chi connectivity index (χ0n) is 11.1. The predicted octanol–water partition coefficient (Wildman–Crippen LogP) is 2.51. The molecule has 2 aromatic rings. The zero-order chi connectivity index (χ0) is 14.9. The van der Waals surface area contributed by atoms with Crippen LogP contribution < -0.4 is 11.1 Å². The minimum Gasteiger partial charge on any atom is -0.396 e. The summed E-state index contributed by atoms with van der Waals surface area (Å²) in [5, 5.41) is 6.94. The van der Waals surface area contributed by atoms with Crippen molar-refractivity contribution in [2.24, 2.45) is 0 Å². The number of anilines is 2. The summed E-state index contributed by atoms with van der Waals surface area (Å²) < 4.78 is 14.7. The van der Waals surface area contributed by atoms with Crippen LogP contribution in [0, 0.1) is 19.7 Å². The molecule has 0 atom stereocenters. The molecule has 0 saturated carbocycles. The summed E-state index contributed by atoms with van der Waals surface area (Å²) in [5.41, 5.74) is 8.04. The number of hydrogen-bond acceptors (Lipinski definition) is 3. The lowest BCUT2D eigenvalue weighted by atomic mass is 10.3. The summed E-state index contributed by atoms with van der Waals surface area (Å²) in [5.74, 6) is -0.847. The number of rotatable bonds is 3. The van der Waals surface area contributed by atoms with Crippen molar-refractivity contribution in [1.29, 1.82) is 0 Å². The highest BCUT2D eigenvalue weighted by atomic mass is 35.5. The van der Waals surface area contributed by atoms with Gasteiger partial charge in [0.1, 0.15) is 12.4 Å². The van der Waals surface area contributed by atoms with E-state index in [1.54, 1.807) is 13.8 Å². The van der Waals surface area contributed by atoms with Gasteiger partial charge in [0, 0.05) is 10.7 Å². The number of nitrogens with one attached hydrogen (secondary N) is 1. The van der Waals surface area contributed by atoms with Crippen molar-refractivity contribution in [3.63, 3.8) is 0 Å². The number of benzene rings is 1. The third-order valence-corrected chi connectivity index (χ3v) is 3.10. The Morgan fingerprint density at radius 3 is 2.70 bits per heavy atom. The summed E-state index contributed by atoms with van der Waals surface area (Å²) in [4.78, 5) is 11.9. The number of nitrogens with zero attached hydrogens (tertiary/aromatic N) is 2. The van der Waals surface area contributed by atoms with Gasteiger partial charge in [-0.2, -0.15) is 5.10 Å². The zero-order valence-corrected chi connectivity index (χ0v) is 11.8. The van der Waals surface area contributed by atoms with E-state index >= 15 is 0 Å². The lowest BCUT2D eigenvalue weighted by molar-refractivity contribution is -0.116. The number of carbonyl (C=O) groups excluding carboxylic acids is 1. The quantitative estimate of drug-likeness (QED) is 0.914. The Kier molecular flexibility index (Phi) is 3.94. The Morgan fingerprint density at radius 1 is 1.45 bits per heavy atom. The van der Waals surface area contributed by atoms with E-state index in [0.29, 0.717) is 17.1 Å². The van der Waals surface area contributed by atoms with Gasteiger partial charge in [-0.15, -0.1) is 0 Å². The molecule has 0 aliphatic heterocycles. The SMILES string of the molecule is Cc1nn(CC(=O)Nc2cc(F)cc(Cl)c2)c(C)c1N. The van der Waals surface area contributed by atoms with E-state index in [2.05, 4.69) is 10.4 Å². The molecule has 0 fully saturated rings. The van der Waals surface area contributed by atoms with E-state index < -0.39 is 5.82 Å². The summed E-state index contributed by atoms with van der Waals surface area (Å²) >= 11 is 5.72. The molecular weight excluding hydrogens is 283 g/mol. The first-order valence-corrected chi connectivity index (χ1v) is 6.30. The molecule has 5 nitrogen and oxygen atoms in total. The number of nitrogen functional groups attached to an aromatic ring is 1. The van der Waals surface area contributed by atoms with Gasteiger partial charge in [-0.1, -0.05) is 11.6 Å². The normalized spacial score (nSPS) is 10.6. The predicted molar refractivity (Wildman–Crippen MR) is 76.2 cm³/mol. The van der Waals surface area contributed by atoms with Crippen LogP contribution in [0.1, 0.15) is 11.4 Å². The van der Waals surface area contributed by atoms with E-state index in [0.717, 1.165) is 5.69 Å². The molecule has 20 heavy (non-hydrogen) atoms. The molecule has 1 aromatic heterocycles. The van der Waals surface area contributed by atoms with Crippen LogP contribution in [-0.2, 0) is 11.3 Å². The largest absolute Gasteiger partial charge is 0.396 e. The van der Waals surface area contributed by atoms with Crippen molar-refractivity contribution in [3.05, 3.63) is 40.4 Å². The topological polar surface area (TPSA) is 72.9 Å². The first-order valence-electron chi connectivity index (χ1n) is 5.92.